The van der Waals surface area contributed by atoms with Gasteiger partial charge in [0, 0.05) is 15.7 Å². The summed E-state index contributed by atoms with van der Waals surface area (Å²) in [5, 5.41) is 0. The first kappa shape index (κ1) is 13.0. The van der Waals surface area contributed by atoms with Gasteiger partial charge in [0.05, 0.1) is 5.69 Å². The Balaban J connectivity index is 2.51. The summed E-state index contributed by atoms with van der Waals surface area (Å²) in [7, 11) is 0. The van der Waals surface area contributed by atoms with Crippen LogP contribution in [0.4, 0.5) is 4.39 Å². The lowest BCUT2D eigenvalue weighted by Crippen LogP contribution is -2.05. The fourth-order valence-corrected chi connectivity index (χ4v) is 2.41. The molecule has 1 N–H and O–H groups in total. The van der Waals surface area contributed by atoms with Crippen molar-refractivity contribution < 1.29 is 9.18 Å². The normalized spacial score (nSPS) is 10.7. The molecule has 0 aliphatic carbocycles. The van der Waals surface area contributed by atoms with Gasteiger partial charge in [-0.05, 0) is 66.0 Å². The van der Waals surface area contributed by atoms with Crippen LogP contribution in [0.25, 0.3) is 0 Å². The summed E-state index contributed by atoms with van der Waals surface area (Å²) in [5.74, 6) is -0.496. The van der Waals surface area contributed by atoms with E-state index < -0.39 is 0 Å². The molecule has 0 atom stereocenters. The second-order valence-corrected chi connectivity index (χ2v) is 5.18. The lowest BCUT2D eigenvalue weighted by molar-refractivity contribution is 0.103. The second kappa shape index (κ2) is 4.69. The number of rotatable bonds is 2. The van der Waals surface area contributed by atoms with Crippen LogP contribution < -0.4 is 0 Å². The van der Waals surface area contributed by atoms with Gasteiger partial charge in [0.15, 0.2) is 0 Å². The number of carbonyl (C=O) groups is 1. The van der Waals surface area contributed by atoms with Gasteiger partial charge in [-0.15, -0.1) is 0 Å². The Labute approximate surface area is 113 Å². The van der Waals surface area contributed by atoms with Crippen molar-refractivity contribution in [3.8, 4) is 0 Å². The maximum Gasteiger partial charge on any atom is 0.210 e. The van der Waals surface area contributed by atoms with Crippen molar-refractivity contribution in [2.24, 2.45) is 0 Å². The van der Waals surface area contributed by atoms with Crippen LogP contribution in [0, 0.1) is 26.6 Å². The molecule has 0 radical (unpaired) electrons. The van der Waals surface area contributed by atoms with E-state index in [0.29, 0.717) is 15.7 Å². The van der Waals surface area contributed by atoms with Gasteiger partial charge in [0.25, 0.3) is 0 Å². The number of benzene rings is 1. The van der Waals surface area contributed by atoms with Gasteiger partial charge in [0.2, 0.25) is 5.78 Å². The average molecular weight is 310 g/mol. The summed E-state index contributed by atoms with van der Waals surface area (Å²) in [5.41, 5.74) is 4.03. The van der Waals surface area contributed by atoms with Crippen LogP contribution in [-0.2, 0) is 0 Å². The van der Waals surface area contributed by atoms with Crippen molar-refractivity contribution in [1.29, 1.82) is 0 Å². The highest BCUT2D eigenvalue weighted by Gasteiger charge is 2.18. The zero-order valence-corrected chi connectivity index (χ0v) is 12.0. The molecule has 94 valence electrons. The van der Waals surface area contributed by atoms with Gasteiger partial charge in [-0.2, -0.15) is 0 Å². The maximum atomic E-state index is 13.0. The molecule has 0 spiro atoms. The molecular weight excluding hydrogens is 297 g/mol. The Morgan fingerprint density at radius 3 is 2.39 bits per heavy atom. The van der Waals surface area contributed by atoms with Gasteiger partial charge >= 0.3 is 0 Å². The molecule has 18 heavy (non-hydrogen) atoms. The summed E-state index contributed by atoms with van der Waals surface area (Å²) in [4.78, 5) is 15.5. The summed E-state index contributed by atoms with van der Waals surface area (Å²) in [6.45, 7) is 5.81. The van der Waals surface area contributed by atoms with E-state index in [1.54, 1.807) is 0 Å². The monoisotopic (exact) mass is 309 g/mol. The van der Waals surface area contributed by atoms with Crippen molar-refractivity contribution in [2.75, 3.05) is 0 Å². The first-order valence-corrected chi connectivity index (χ1v) is 6.36. The quantitative estimate of drug-likeness (QED) is 0.833. The molecule has 0 saturated heterocycles. The van der Waals surface area contributed by atoms with Crippen molar-refractivity contribution in [2.45, 2.75) is 20.8 Å². The molecule has 0 aliphatic heterocycles. The van der Waals surface area contributed by atoms with E-state index >= 15 is 0 Å². The molecule has 0 unspecified atom stereocenters. The number of hydrogen-bond donors (Lipinski definition) is 1. The number of aromatic amines is 1. The van der Waals surface area contributed by atoms with E-state index in [9.17, 15) is 9.18 Å². The van der Waals surface area contributed by atoms with E-state index in [4.69, 9.17) is 0 Å². The van der Waals surface area contributed by atoms with Crippen molar-refractivity contribution in [3.63, 3.8) is 0 Å². The predicted octanol–water partition coefficient (Wildman–Crippen LogP) is 4.07. The first-order chi connectivity index (χ1) is 8.41. The van der Waals surface area contributed by atoms with Crippen LogP contribution in [0.1, 0.15) is 32.9 Å². The first-order valence-electron chi connectivity index (χ1n) is 5.57. The number of carbonyl (C=O) groups excluding carboxylic acids is 1. The Hall–Kier alpha value is -1.42. The molecule has 0 saturated carbocycles. The third-order valence-electron chi connectivity index (χ3n) is 3.22. The Kier molecular flexibility index (Phi) is 3.39. The molecule has 2 aromatic rings. The fraction of sp³-hybridized carbons (Fsp3) is 0.214. The van der Waals surface area contributed by atoms with E-state index in [2.05, 4.69) is 20.9 Å². The predicted molar refractivity (Wildman–Crippen MR) is 72.5 cm³/mol. The smallest absolute Gasteiger partial charge is 0.210 e. The standard InChI is InChI=1S/C14H13BrFNO/c1-7-8(2)13(17-9(7)3)14(18)11-5-4-10(16)6-12(11)15/h4-6,17H,1-3H3. The zero-order chi connectivity index (χ0) is 13.4. The fourth-order valence-electron chi connectivity index (χ4n) is 1.88. The highest BCUT2D eigenvalue weighted by atomic mass is 79.9. The molecule has 2 nitrogen and oxygen atoms in total. The molecule has 0 fully saturated rings. The number of aryl methyl sites for hydroxylation is 1. The Morgan fingerprint density at radius 2 is 1.89 bits per heavy atom. The summed E-state index contributed by atoms with van der Waals surface area (Å²) in [6, 6.07) is 4.08. The number of ketones is 1. The van der Waals surface area contributed by atoms with Crippen LogP contribution in [0.2, 0.25) is 0 Å². The molecule has 4 heteroatoms. The van der Waals surface area contributed by atoms with Gasteiger partial charge < -0.3 is 4.98 Å². The summed E-state index contributed by atoms with van der Waals surface area (Å²) in [6.07, 6.45) is 0. The van der Waals surface area contributed by atoms with E-state index in [-0.39, 0.29) is 11.6 Å². The van der Waals surface area contributed by atoms with E-state index in [1.165, 1.54) is 18.2 Å². The van der Waals surface area contributed by atoms with Crippen LogP contribution >= 0.6 is 15.9 Å². The highest BCUT2D eigenvalue weighted by Crippen LogP contribution is 2.24. The molecule has 0 bridgehead atoms. The molecule has 0 aliphatic rings. The van der Waals surface area contributed by atoms with Gasteiger partial charge in [-0.25, -0.2) is 4.39 Å². The van der Waals surface area contributed by atoms with Crippen molar-refractivity contribution >= 4 is 21.7 Å². The lowest BCUT2D eigenvalue weighted by atomic mass is 10.0. The van der Waals surface area contributed by atoms with Gasteiger partial charge in [-0.3, -0.25) is 4.79 Å². The third-order valence-corrected chi connectivity index (χ3v) is 3.87. The summed E-state index contributed by atoms with van der Waals surface area (Å²) < 4.78 is 13.5. The minimum atomic E-state index is -0.367. The highest BCUT2D eigenvalue weighted by molar-refractivity contribution is 9.10. The lowest BCUT2D eigenvalue weighted by Gasteiger charge is -2.03. The Morgan fingerprint density at radius 1 is 1.22 bits per heavy atom. The van der Waals surface area contributed by atoms with Crippen molar-refractivity contribution in [3.05, 3.63) is 56.6 Å². The zero-order valence-electron chi connectivity index (χ0n) is 10.4. The SMILES string of the molecule is Cc1[nH]c(C(=O)c2ccc(F)cc2Br)c(C)c1C. The number of nitrogens with one attached hydrogen (secondary N) is 1. The van der Waals surface area contributed by atoms with E-state index in [0.717, 1.165) is 16.8 Å². The Bertz CT molecular complexity index is 631. The van der Waals surface area contributed by atoms with Gasteiger partial charge in [-0.1, -0.05) is 0 Å². The maximum absolute atomic E-state index is 13.0. The molecular formula is C14H13BrFNO. The van der Waals surface area contributed by atoms with E-state index in [1.807, 2.05) is 20.8 Å². The molecule has 1 aromatic heterocycles. The third kappa shape index (κ3) is 2.12. The molecule has 1 aromatic carbocycles. The van der Waals surface area contributed by atoms with Crippen LogP contribution in [0.5, 0.6) is 0 Å². The number of hydrogen-bond acceptors (Lipinski definition) is 1. The van der Waals surface area contributed by atoms with Crippen LogP contribution in [0.15, 0.2) is 22.7 Å². The second-order valence-electron chi connectivity index (χ2n) is 4.33. The average Bonchev–Trinajstić information content (AvgIpc) is 2.56. The number of H-pyrrole nitrogens is 1. The summed E-state index contributed by atoms with van der Waals surface area (Å²) >= 11 is 3.22. The largest absolute Gasteiger partial charge is 0.356 e. The van der Waals surface area contributed by atoms with Gasteiger partial charge in [0.1, 0.15) is 5.82 Å². The van der Waals surface area contributed by atoms with Crippen LogP contribution in [-0.4, -0.2) is 10.8 Å². The molecule has 1 heterocycles. The molecule has 2 rings (SSSR count). The topological polar surface area (TPSA) is 32.9 Å². The van der Waals surface area contributed by atoms with Crippen LogP contribution in [0.3, 0.4) is 0 Å². The minimum Gasteiger partial charge on any atom is -0.356 e. The molecule has 0 amide bonds. The minimum absolute atomic E-state index is 0.129. The van der Waals surface area contributed by atoms with Crippen molar-refractivity contribution in [1.82, 2.24) is 4.98 Å². The number of halogens is 2. The number of aromatic nitrogens is 1.